The van der Waals surface area contributed by atoms with E-state index in [0.29, 0.717) is 13.2 Å². The van der Waals surface area contributed by atoms with Crippen LogP contribution < -0.4 is 4.74 Å². The summed E-state index contributed by atoms with van der Waals surface area (Å²) in [5.74, 6) is 0.776. The molecule has 0 saturated carbocycles. The fourth-order valence-electron chi connectivity index (χ4n) is 2.47. The first kappa shape index (κ1) is 18.5. The van der Waals surface area contributed by atoms with E-state index >= 15 is 0 Å². The second-order valence-electron chi connectivity index (χ2n) is 5.99. The third-order valence-corrected chi connectivity index (χ3v) is 3.79. The van der Waals surface area contributed by atoms with Crippen molar-refractivity contribution >= 4 is 0 Å². The molecule has 0 bridgehead atoms. The lowest BCUT2D eigenvalue weighted by atomic mass is 10.1. The number of ether oxygens (including phenoxy) is 2. The Balaban J connectivity index is 1.85. The Morgan fingerprint density at radius 2 is 1.75 bits per heavy atom. The minimum absolute atomic E-state index is 0.279. The first-order valence-corrected chi connectivity index (χ1v) is 8.30. The summed E-state index contributed by atoms with van der Waals surface area (Å²) in [6.07, 6.45) is -0.549. The molecule has 2 aromatic rings. The average molecular weight is 329 g/mol. The predicted octanol–water partition coefficient (Wildman–Crippen LogP) is 2.88. The van der Waals surface area contributed by atoms with Crippen molar-refractivity contribution in [3.63, 3.8) is 0 Å². The molecule has 0 saturated heterocycles. The first-order valence-electron chi connectivity index (χ1n) is 8.30. The molecule has 4 heteroatoms. The molecule has 1 atom stereocenters. The molecule has 130 valence electrons. The quantitative estimate of drug-likeness (QED) is 0.728. The van der Waals surface area contributed by atoms with E-state index < -0.39 is 6.10 Å². The van der Waals surface area contributed by atoms with Gasteiger partial charge in [-0.05, 0) is 24.6 Å². The van der Waals surface area contributed by atoms with Gasteiger partial charge in [0.2, 0.25) is 0 Å². The fraction of sp³-hybridized carbons (Fsp3) is 0.400. The minimum atomic E-state index is -0.549. The van der Waals surface area contributed by atoms with Crippen molar-refractivity contribution in [3.05, 3.63) is 65.7 Å². The van der Waals surface area contributed by atoms with Gasteiger partial charge in [-0.25, -0.2) is 0 Å². The Morgan fingerprint density at radius 1 is 1.04 bits per heavy atom. The van der Waals surface area contributed by atoms with Gasteiger partial charge in [0.15, 0.2) is 0 Å². The summed E-state index contributed by atoms with van der Waals surface area (Å²) in [6, 6.07) is 18.0. The van der Waals surface area contributed by atoms with E-state index in [4.69, 9.17) is 9.47 Å². The maximum atomic E-state index is 10.3. The summed E-state index contributed by atoms with van der Waals surface area (Å²) >= 11 is 0. The zero-order valence-electron chi connectivity index (χ0n) is 14.5. The molecule has 2 rings (SSSR count). The van der Waals surface area contributed by atoms with Crippen molar-refractivity contribution in [2.45, 2.75) is 19.6 Å². The van der Waals surface area contributed by atoms with Gasteiger partial charge in [-0.3, -0.25) is 4.90 Å². The van der Waals surface area contributed by atoms with Crippen LogP contribution in [0, 0.1) is 6.92 Å². The predicted molar refractivity (Wildman–Crippen MR) is 96.3 cm³/mol. The molecule has 0 heterocycles. The lowest BCUT2D eigenvalue weighted by molar-refractivity contribution is 0.0542. The van der Waals surface area contributed by atoms with Crippen molar-refractivity contribution in [1.82, 2.24) is 4.90 Å². The second-order valence-corrected chi connectivity index (χ2v) is 5.99. The highest BCUT2D eigenvalue weighted by Gasteiger charge is 2.13. The SMILES string of the molecule is COCCN(Cc1ccc(C)cc1)C[C@H](O)COc1ccccc1. The van der Waals surface area contributed by atoms with Crippen LogP contribution in [-0.4, -0.2) is 49.5 Å². The van der Waals surface area contributed by atoms with Gasteiger partial charge in [0, 0.05) is 26.7 Å². The summed E-state index contributed by atoms with van der Waals surface area (Å²) in [4.78, 5) is 2.19. The van der Waals surface area contributed by atoms with Crippen LogP contribution in [0.5, 0.6) is 5.75 Å². The van der Waals surface area contributed by atoms with Crippen LogP contribution in [0.4, 0.5) is 0 Å². The van der Waals surface area contributed by atoms with Crippen LogP contribution in [0.15, 0.2) is 54.6 Å². The second kappa shape index (κ2) is 10.1. The van der Waals surface area contributed by atoms with E-state index in [-0.39, 0.29) is 6.61 Å². The van der Waals surface area contributed by atoms with Crippen LogP contribution in [-0.2, 0) is 11.3 Å². The Hall–Kier alpha value is -1.88. The number of hydrogen-bond acceptors (Lipinski definition) is 4. The Labute approximate surface area is 144 Å². The zero-order chi connectivity index (χ0) is 17.2. The Kier molecular flexibility index (Phi) is 7.75. The molecule has 0 aliphatic rings. The van der Waals surface area contributed by atoms with Crippen molar-refractivity contribution in [1.29, 1.82) is 0 Å². The van der Waals surface area contributed by atoms with E-state index in [2.05, 4.69) is 36.1 Å². The normalized spacial score (nSPS) is 12.3. The van der Waals surface area contributed by atoms with Gasteiger partial charge in [-0.2, -0.15) is 0 Å². The van der Waals surface area contributed by atoms with Crippen LogP contribution in [0.25, 0.3) is 0 Å². The topological polar surface area (TPSA) is 41.9 Å². The van der Waals surface area contributed by atoms with Crippen LogP contribution in [0.1, 0.15) is 11.1 Å². The molecule has 4 nitrogen and oxygen atoms in total. The van der Waals surface area contributed by atoms with Gasteiger partial charge in [0.25, 0.3) is 0 Å². The van der Waals surface area contributed by atoms with Crippen molar-refractivity contribution in [2.75, 3.05) is 33.4 Å². The van der Waals surface area contributed by atoms with Crippen LogP contribution in [0.3, 0.4) is 0 Å². The Bertz CT molecular complexity index is 571. The highest BCUT2D eigenvalue weighted by molar-refractivity contribution is 5.21. The third kappa shape index (κ3) is 6.71. The molecule has 0 amide bonds. The van der Waals surface area contributed by atoms with Crippen molar-refractivity contribution in [2.24, 2.45) is 0 Å². The average Bonchev–Trinajstić information content (AvgIpc) is 2.61. The number of aliphatic hydroxyl groups is 1. The number of rotatable bonds is 10. The number of aryl methyl sites for hydroxylation is 1. The molecular formula is C20H27NO3. The maximum absolute atomic E-state index is 10.3. The van der Waals surface area contributed by atoms with E-state index in [1.54, 1.807) is 7.11 Å². The molecular weight excluding hydrogens is 302 g/mol. The smallest absolute Gasteiger partial charge is 0.119 e. The zero-order valence-corrected chi connectivity index (χ0v) is 14.5. The number of benzene rings is 2. The third-order valence-electron chi connectivity index (χ3n) is 3.79. The van der Waals surface area contributed by atoms with Crippen molar-refractivity contribution < 1.29 is 14.6 Å². The van der Waals surface area contributed by atoms with E-state index in [0.717, 1.165) is 18.8 Å². The molecule has 24 heavy (non-hydrogen) atoms. The van der Waals surface area contributed by atoms with Gasteiger partial charge >= 0.3 is 0 Å². The lowest BCUT2D eigenvalue weighted by Gasteiger charge is -2.25. The Morgan fingerprint density at radius 3 is 2.42 bits per heavy atom. The number of nitrogens with zero attached hydrogens (tertiary/aromatic N) is 1. The monoisotopic (exact) mass is 329 g/mol. The number of methoxy groups -OCH3 is 1. The maximum Gasteiger partial charge on any atom is 0.119 e. The summed E-state index contributed by atoms with van der Waals surface area (Å²) in [7, 11) is 1.69. The molecule has 0 aliphatic carbocycles. The summed E-state index contributed by atoms with van der Waals surface area (Å²) in [6.45, 7) is 5.10. The van der Waals surface area contributed by atoms with Gasteiger partial charge in [-0.15, -0.1) is 0 Å². The van der Waals surface area contributed by atoms with Gasteiger partial charge in [0.1, 0.15) is 18.5 Å². The van der Waals surface area contributed by atoms with E-state index in [9.17, 15) is 5.11 Å². The standard InChI is InChI=1S/C20H27NO3/c1-17-8-10-18(11-9-17)14-21(12-13-23-2)15-19(22)16-24-20-6-4-3-5-7-20/h3-11,19,22H,12-16H2,1-2H3/t19-/m0/s1. The summed E-state index contributed by atoms with van der Waals surface area (Å²) in [5.41, 5.74) is 2.48. The molecule has 0 fully saturated rings. The molecule has 2 aromatic carbocycles. The largest absolute Gasteiger partial charge is 0.491 e. The minimum Gasteiger partial charge on any atom is -0.491 e. The summed E-state index contributed by atoms with van der Waals surface area (Å²) in [5, 5.41) is 10.3. The molecule has 0 radical (unpaired) electrons. The molecule has 1 N–H and O–H groups in total. The van der Waals surface area contributed by atoms with Gasteiger partial charge in [0.05, 0.1) is 6.61 Å². The molecule has 0 aliphatic heterocycles. The van der Waals surface area contributed by atoms with E-state index in [1.807, 2.05) is 30.3 Å². The number of para-hydroxylation sites is 1. The van der Waals surface area contributed by atoms with Gasteiger partial charge < -0.3 is 14.6 Å². The molecule has 0 spiro atoms. The highest BCUT2D eigenvalue weighted by Crippen LogP contribution is 2.10. The summed E-state index contributed by atoms with van der Waals surface area (Å²) < 4.78 is 10.8. The lowest BCUT2D eigenvalue weighted by Crippen LogP contribution is -2.37. The number of hydrogen-bond donors (Lipinski definition) is 1. The van der Waals surface area contributed by atoms with Crippen LogP contribution >= 0.6 is 0 Å². The van der Waals surface area contributed by atoms with E-state index in [1.165, 1.54) is 11.1 Å². The van der Waals surface area contributed by atoms with Crippen molar-refractivity contribution in [3.8, 4) is 5.75 Å². The van der Waals surface area contributed by atoms with Gasteiger partial charge in [-0.1, -0.05) is 48.0 Å². The molecule has 0 unspecified atom stereocenters. The number of aliphatic hydroxyl groups excluding tert-OH is 1. The first-order chi connectivity index (χ1) is 11.7. The highest BCUT2D eigenvalue weighted by atomic mass is 16.5. The van der Waals surface area contributed by atoms with Crippen LogP contribution in [0.2, 0.25) is 0 Å². The molecule has 0 aromatic heterocycles. The fourth-order valence-corrected chi connectivity index (χ4v) is 2.47.